The molecule has 2 saturated heterocycles. The average molecular weight is 320 g/mol. The fourth-order valence-corrected chi connectivity index (χ4v) is 3.70. The number of nitrogens with zero attached hydrogens (tertiary/aromatic N) is 3. The molecule has 23 heavy (non-hydrogen) atoms. The van der Waals surface area contributed by atoms with E-state index < -0.39 is 5.54 Å². The molecule has 1 N–H and O–H groups in total. The predicted molar refractivity (Wildman–Crippen MR) is 83.7 cm³/mol. The Morgan fingerprint density at radius 1 is 1.39 bits per heavy atom. The Hall–Kier alpha value is -1.89. The molecule has 3 heterocycles. The van der Waals surface area contributed by atoms with Gasteiger partial charge in [0.05, 0.1) is 5.69 Å². The number of carbonyl (C=O) groups excluding carboxylic acids is 2. The van der Waals surface area contributed by atoms with E-state index in [0.29, 0.717) is 0 Å². The lowest BCUT2D eigenvalue weighted by molar-refractivity contribution is -0.132. The van der Waals surface area contributed by atoms with Crippen molar-refractivity contribution in [2.24, 2.45) is 5.92 Å². The number of likely N-dealkylation sites (N-methyl/N-ethyl adjacent to an activating group) is 1. The summed E-state index contributed by atoms with van der Waals surface area (Å²) in [7, 11) is 1.54. The summed E-state index contributed by atoms with van der Waals surface area (Å²) in [4.78, 5) is 27.8. The van der Waals surface area contributed by atoms with Gasteiger partial charge in [-0.3, -0.25) is 14.6 Å². The van der Waals surface area contributed by atoms with Crippen LogP contribution in [-0.2, 0) is 11.3 Å². The van der Waals surface area contributed by atoms with Crippen LogP contribution in [-0.4, -0.2) is 52.6 Å². The van der Waals surface area contributed by atoms with Crippen molar-refractivity contribution in [2.75, 3.05) is 20.1 Å². The Morgan fingerprint density at radius 2 is 2.13 bits per heavy atom. The van der Waals surface area contributed by atoms with Gasteiger partial charge < -0.3 is 9.84 Å². The first-order valence-electron chi connectivity index (χ1n) is 8.07. The van der Waals surface area contributed by atoms with E-state index in [1.165, 1.54) is 11.9 Å². The fraction of sp³-hybridized carbons (Fsp3) is 0.688. The summed E-state index contributed by atoms with van der Waals surface area (Å²) in [6, 6.07) is -0.305. The minimum atomic E-state index is -0.802. The smallest absolute Gasteiger partial charge is 0.324 e. The van der Waals surface area contributed by atoms with Gasteiger partial charge in [0.15, 0.2) is 0 Å². The molecule has 0 spiro atoms. The van der Waals surface area contributed by atoms with Crippen molar-refractivity contribution < 1.29 is 14.1 Å². The number of rotatable bonds is 3. The van der Waals surface area contributed by atoms with E-state index in [9.17, 15) is 9.59 Å². The third-order valence-electron chi connectivity index (χ3n) is 5.31. The Bertz CT molecular complexity index is 622. The lowest BCUT2D eigenvalue weighted by atomic mass is 9.80. The van der Waals surface area contributed by atoms with Crippen LogP contribution in [0.15, 0.2) is 4.52 Å². The van der Waals surface area contributed by atoms with Crippen LogP contribution in [0, 0.1) is 19.8 Å². The maximum atomic E-state index is 12.5. The standard InChI is InChI=1S/C16H24N4O3/c1-10-13(11(2)23-18-10)9-20-7-5-6-12(8-20)16(3)14(21)19(4)15(22)17-16/h12H,5-9H2,1-4H3,(H,17,22)/t12-,16+/m0/s1. The van der Waals surface area contributed by atoms with Crippen LogP contribution < -0.4 is 5.32 Å². The normalized spacial score (nSPS) is 29.2. The summed E-state index contributed by atoms with van der Waals surface area (Å²) in [6.07, 6.45) is 1.95. The van der Waals surface area contributed by atoms with Crippen LogP contribution in [0.25, 0.3) is 0 Å². The number of likely N-dealkylation sites (tertiary alicyclic amines) is 1. The van der Waals surface area contributed by atoms with Crippen LogP contribution in [0.1, 0.15) is 36.8 Å². The second-order valence-corrected chi connectivity index (χ2v) is 6.87. The molecule has 3 amide bonds. The second-order valence-electron chi connectivity index (χ2n) is 6.87. The summed E-state index contributed by atoms with van der Waals surface area (Å²) >= 11 is 0. The van der Waals surface area contributed by atoms with Crippen LogP contribution in [0.3, 0.4) is 0 Å². The first-order chi connectivity index (χ1) is 10.8. The number of carbonyl (C=O) groups is 2. The SMILES string of the molecule is Cc1noc(C)c1CN1CCC[C@H]([C@@]2(C)NC(=O)N(C)C2=O)C1. The zero-order chi connectivity index (χ0) is 16.8. The van der Waals surface area contributed by atoms with Crippen molar-refractivity contribution in [3.8, 4) is 0 Å². The van der Waals surface area contributed by atoms with Gasteiger partial charge in [-0.1, -0.05) is 5.16 Å². The largest absolute Gasteiger partial charge is 0.361 e. The molecule has 2 aliphatic rings. The van der Waals surface area contributed by atoms with E-state index in [-0.39, 0.29) is 17.9 Å². The van der Waals surface area contributed by atoms with Gasteiger partial charge in [0.25, 0.3) is 5.91 Å². The maximum absolute atomic E-state index is 12.5. The number of hydrogen-bond donors (Lipinski definition) is 1. The molecule has 0 aliphatic carbocycles. The monoisotopic (exact) mass is 320 g/mol. The molecule has 0 bridgehead atoms. The number of nitrogens with one attached hydrogen (secondary N) is 1. The van der Waals surface area contributed by atoms with Crippen molar-refractivity contribution in [3.63, 3.8) is 0 Å². The number of hydrogen-bond acceptors (Lipinski definition) is 5. The quantitative estimate of drug-likeness (QED) is 0.853. The summed E-state index contributed by atoms with van der Waals surface area (Å²) in [5.74, 6) is 0.825. The molecular formula is C16H24N4O3. The number of urea groups is 1. The number of imide groups is 1. The second kappa shape index (κ2) is 5.63. The predicted octanol–water partition coefficient (Wildman–Crippen LogP) is 1.44. The highest BCUT2D eigenvalue weighted by Crippen LogP contribution is 2.32. The zero-order valence-electron chi connectivity index (χ0n) is 14.2. The van der Waals surface area contributed by atoms with Crippen molar-refractivity contribution in [1.82, 2.24) is 20.3 Å². The molecule has 0 saturated carbocycles. The van der Waals surface area contributed by atoms with E-state index in [1.54, 1.807) is 0 Å². The zero-order valence-corrected chi connectivity index (χ0v) is 14.2. The van der Waals surface area contributed by atoms with E-state index in [4.69, 9.17) is 4.52 Å². The first kappa shape index (κ1) is 16.0. The Balaban J connectivity index is 1.74. The number of piperidine rings is 1. The van der Waals surface area contributed by atoms with Crippen molar-refractivity contribution >= 4 is 11.9 Å². The Kier molecular flexibility index (Phi) is 3.91. The molecule has 1 aromatic heterocycles. The van der Waals surface area contributed by atoms with Crippen LogP contribution in [0.4, 0.5) is 4.79 Å². The van der Waals surface area contributed by atoms with E-state index in [1.807, 2.05) is 20.8 Å². The molecule has 2 fully saturated rings. The van der Waals surface area contributed by atoms with E-state index in [0.717, 1.165) is 49.5 Å². The van der Waals surface area contributed by atoms with Gasteiger partial charge in [0.1, 0.15) is 11.3 Å². The van der Waals surface area contributed by atoms with Gasteiger partial charge in [-0.15, -0.1) is 0 Å². The van der Waals surface area contributed by atoms with E-state index >= 15 is 0 Å². The molecule has 2 atom stereocenters. The summed E-state index contributed by atoms with van der Waals surface area (Å²) in [6.45, 7) is 8.25. The van der Waals surface area contributed by atoms with Crippen molar-refractivity contribution in [3.05, 3.63) is 17.0 Å². The van der Waals surface area contributed by atoms with Crippen LogP contribution >= 0.6 is 0 Å². The molecule has 0 aromatic carbocycles. The summed E-state index contributed by atoms with van der Waals surface area (Å²) in [5.41, 5.74) is 1.24. The molecule has 7 nitrogen and oxygen atoms in total. The first-order valence-corrected chi connectivity index (χ1v) is 8.07. The third-order valence-corrected chi connectivity index (χ3v) is 5.31. The minimum Gasteiger partial charge on any atom is -0.361 e. The summed E-state index contributed by atoms with van der Waals surface area (Å²) in [5, 5.41) is 6.89. The lowest BCUT2D eigenvalue weighted by Crippen LogP contribution is -2.55. The highest BCUT2D eigenvalue weighted by molar-refractivity contribution is 6.06. The van der Waals surface area contributed by atoms with Gasteiger partial charge in [-0.25, -0.2) is 4.79 Å². The van der Waals surface area contributed by atoms with Gasteiger partial charge in [-0.05, 0) is 40.2 Å². The summed E-state index contributed by atoms with van der Waals surface area (Å²) < 4.78 is 5.23. The molecular weight excluding hydrogens is 296 g/mol. The maximum Gasteiger partial charge on any atom is 0.324 e. The van der Waals surface area contributed by atoms with Gasteiger partial charge >= 0.3 is 6.03 Å². The third kappa shape index (κ3) is 2.63. The van der Waals surface area contributed by atoms with Gasteiger partial charge in [0.2, 0.25) is 0 Å². The molecule has 0 radical (unpaired) electrons. The van der Waals surface area contributed by atoms with Crippen molar-refractivity contribution in [1.29, 1.82) is 0 Å². The van der Waals surface area contributed by atoms with Gasteiger partial charge in [0, 0.05) is 31.6 Å². The molecule has 7 heteroatoms. The fourth-order valence-electron chi connectivity index (χ4n) is 3.70. The van der Waals surface area contributed by atoms with Crippen LogP contribution in [0.5, 0.6) is 0 Å². The highest BCUT2D eigenvalue weighted by Gasteiger charge is 2.51. The van der Waals surface area contributed by atoms with Gasteiger partial charge in [-0.2, -0.15) is 0 Å². The lowest BCUT2D eigenvalue weighted by Gasteiger charge is -2.39. The Morgan fingerprint density at radius 3 is 2.70 bits per heavy atom. The minimum absolute atomic E-state index is 0.109. The number of amides is 3. The molecule has 126 valence electrons. The van der Waals surface area contributed by atoms with E-state index in [2.05, 4.69) is 15.4 Å². The van der Waals surface area contributed by atoms with Crippen LogP contribution in [0.2, 0.25) is 0 Å². The molecule has 1 aromatic rings. The molecule has 3 rings (SSSR count). The molecule has 2 aliphatic heterocycles. The molecule has 0 unspecified atom stereocenters. The number of aryl methyl sites for hydroxylation is 2. The highest BCUT2D eigenvalue weighted by atomic mass is 16.5. The average Bonchev–Trinajstić information content (AvgIpc) is 2.94. The van der Waals surface area contributed by atoms with Crippen molar-refractivity contribution in [2.45, 2.75) is 45.7 Å². The number of aromatic nitrogens is 1. The Labute approximate surface area is 136 Å². The topological polar surface area (TPSA) is 78.7 Å².